The number of sulfonamides is 1. The topological polar surface area (TPSA) is 69.7 Å². The highest BCUT2D eigenvalue weighted by Crippen LogP contribution is 2.59. The third-order valence-corrected chi connectivity index (χ3v) is 10.9. The maximum absolute atomic E-state index is 12.6. The Kier molecular flexibility index (Phi) is 5.25. The lowest BCUT2D eigenvalue weighted by Crippen LogP contribution is -2.53. The summed E-state index contributed by atoms with van der Waals surface area (Å²) < 4.78 is 27.2. The minimum Gasteiger partial charge on any atom is -0.354 e. The molecule has 160 valence electrons. The first-order valence-corrected chi connectivity index (χ1v) is 13.3. The number of rotatable bonds is 6. The van der Waals surface area contributed by atoms with Gasteiger partial charge in [0.15, 0.2) is 0 Å². The maximum Gasteiger partial charge on any atom is 0.252 e. The number of amides is 1. The van der Waals surface area contributed by atoms with Gasteiger partial charge in [0.2, 0.25) is 5.91 Å². The van der Waals surface area contributed by atoms with Crippen molar-refractivity contribution >= 4 is 27.3 Å². The van der Waals surface area contributed by atoms with Crippen molar-refractivity contribution in [3.63, 3.8) is 0 Å². The molecular formula is C21H31N3O3S2. The lowest BCUT2D eigenvalue weighted by Gasteiger charge is -2.57. The second-order valence-electron chi connectivity index (χ2n) is 9.81. The molecule has 1 N–H and O–H groups in total. The maximum atomic E-state index is 12.6. The lowest BCUT2D eigenvalue weighted by atomic mass is 9.49. The summed E-state index contributed by atoms with van der Waals surface area (Å²) in [5, 5.41) is 5.03. The third-order valence-electron chi connectivity index (χ3n) is 7.61. The summed E-state index contributed by atoms with van der Waals surface area (Å²) in [6.45, 7) is 3.32. The second kappa shape index (κ2) is 7.62. The monoisotopic (exact) mass is 437 g/mol. The molecule has 4 bridgehead atoms. The number of carbonyl (C=O) groups is 1. The molecule has 0 aromatic carbocycles. The summed E-state index contributed by atoms with van der Waals surface area (Å²) in [7, 11) is -3.38. The van der Waals surface area contributed by atoms with Crippen molar-refractivity contribution in [2.45, 2.75) is 42.7 Å². The Labute approximate surface area is 177 Å². The molecule has 4 saturated carbocycles. The van der Waals surface area contributed by atoms with Crippen LogP contribution in [-0.4, -0.2) is 62.8 Å². The minimum atomic E-state index is -3.38. The highest BCUT2D eigenvalue weighted by molar-refractivity contribution is 7.91. The van der Waals surface area contributed by atoms with Crippen LogP contribution in [0.25, 0.3) is 0 Å². The molecular weight excluding hydrogens is 406 g/mol. The van der Waals surface area contributed by atoms with E-state index in [1.165, 1.54) is 49.9 Å². The zero-order valence-electron chi connectivity index (χ0n) is 16.9. The van der Waals surface area contributed by atoms with Gasteiger partial charge in [0.1, 0.15) is 4.21 Å². The van der Waals surface area contributed by atoms with Crippen LogP contribution in [0.15, 0.2) is 21.7 Å². The van der Waals surface area contributed by atoms with Crippen LogP contribution in [0.1, 0.15) is 38.5 Å². The van der Waals surface area contributed by atoms with Crippen LogP contribution in [0.4, 0.5) is 0 Å². The Bertz CT molecular complexity index is 809. The van der Waals surface area contributed by atoms with Crippen molar-refractivity contribution in [1.29, 1.82) is 0 Å². The molecule has 0 unspecified atom stereocenters. The van der Waals surface area contributed by atoms with Crippen molar-refractivity contribution in [3.05, 3.63) is 17.5 Å². The van der Waals surface area contributed by atoms with Gasteiger partial charge in [0.05, 0.1) is 6.54 Å². The van der Waals surface area contributed by atoms with E-state index in [-0.39, 0.29) is 5.91 Å². The lowest BCUT2D eigenvalue weighted by molar-refractivity contribution is -0.124. The normalized spacial score (nSPS) is 35.1. The number of hydrogen-bond donors (Lipinski definition) is 1. The summed E-state index contributed by atoms with van der Waals surface area (Å²) in [6.07, 6.45) is 8.18. The predicted octanol–water partition coefficient (Wildman–Crippen LogP) is 2.39. The molecule has 0 radical (unpaired) electrons. The molecule has 1 aromatic heterocycles. The molecule has 1 saturated heterocycles. The molecule has 29 heavy (non-hydrogen) atoms. The summed E-state index contributed by atoms with van der Waals surface area (Å²) in [4.78, 5) is 14.7. The van der Waals surface area contributed by atoms with E-state index < -0.39 is 10.0 Å². The van der Waals surface area contributed by atoms with Crippen molar-refractivity contribution in [2.75, 3.05) is 39.3 Å². The summed E-state index contributed by atoms with van der Waals surface area (Å²) in [6, 6.07) is 3.42. The van der Waals surface area contributed by atoms with Crippen LogP contribution in [-0.2, 0) is 14.8 Å². The molecule has 1 aromatic rings. The zero-order chi connectivity index (χ0) is 20.1. The first kappa shape index (κ1) is 20.0. The number of piperazine rings is 1. The fraction of sp³-hybridized carbons (Fsp3) is 0.762. The number of thiophene rings is 1. The Morgan fingerprint density at radius 1 is 1.07 bits per heavy atom. The summed E-state index contributed by atoms with van der Waals surface area (Å²) in [5.41, 5.74) is 0.359. The first-order chi connectivity index (χ1) is 13.9. The van der Waals surface area contributed by atoms with Gasteiger partial charge in [-0.3, -0.25) is 9.69 Å². The SMILES string of the molecule is O=C(CN1CCN(S(=O)(=O)c2cccs2)CC1)NCC12CC3CC(CC(C3)C1)C2. The van der Waals surface area contributed by atoms with E-state index in [1.54, 1.807) is 21.8 Å². The van der Waals surface area contributed by atoms with Gasteiger partial charge in [-0.2, -0.15) is 4.31 Å². The van der Waals surface area contributed by atoms with E-state index in [1.807, 2.05) is 0 Å². The number of nitrogens with zero attached hydrogens (tertiary/aromatic N) is 2. The van der Waals surface area contributed by atoms with Crippen LogP contribution in [0.3, 0.4) is 0 Å². The van der Waals surface area contributed by atoms with Gasteiger partial charge >= 0.3 is 0 Å². The highest BCUT2D eigenvalue weighted by Gasteiger charge is 2.50. The smallest absolute Gasteiger partial charge is 0.252 e. The fourth-order valence-electron chi connectivity index (χ4n) is 6.72. The van der Waals surface area contributed by atoms with E-state index in [0.717, 1.165) is 24.3 Å². The van der Waals surface area contributed by atoms with E-state index in [2.05, 4.69) is 10.2 Å². The van der Waals surface area contributed by atoms with E-state index in [4.69, 9.17) is 0 Å². The Morgan fingerprint density at radius 3 is 2.24 bits per heavy atom. The predicted molar refractivity (Wildman–Crippen MR) is 113 cm³/mol. The number of carbonyl (C=O) groups excluding carboxylic acids is 1. The minimum absolute atomic E-state index is 0.0929. The van der Waals surface area contributed by atoms with Crippen molar-refractivity contribution in [3.8, 4) is 0 Å². The van der Waals surface area contributed by atoms with Crippen LogP contribution in [0.5, 0.6) is 0 Å². The number of hydrogen-bond acceptors (Lipinski definition) is 5. The van der Waals surface area contributed by atoms with Gasteiger partial charge in [-0.1, -0.05) is 6.07 Å². The zero-order valence-corrected chi connectivity index (χ0v) is 18.5. The quantitative estimate of drug-likeness (QED) is 0.742. The molecule has 2 heterocycles. The van der Waals surface area contributed by atoms with E-state index >= 15 is 0 Å². The molecule has 6 nitrogen and oxygen atoms in total. The summed E-state index contributed by atoms with van der Waals surface area (Å²) >= 11 is 1.26. The largest absolute Gasteiger partial charge is 0.354 e. The van der Waals surface area contributed by atoms with Crippen LogP contribution < -0.4 is 5.32 Å². The molecule has 6 rings (SSSR count). The van der Waals surface area contributed by atoms with E-state index in [0.29, 0.717) is 42.3 Å². The molecule has 8 heteroatoms. The van der Waals surface area contributed by atoms with Gasteiger partial charge in [0.25, 0.3) is 10.0 Å². The fourth-order valence-corrected chi connectivity index (χ4v) is 9.28. The summed E-state index contributed by atoms with van der Waals surface area (Å²) in [5.74, 6) is 2.79. The molecule has 0 atom stereocenters. The van der Waals surface area contributed by atoms with Gasteiger partial charge in [-0.15, -0.1) is 11.3 Å². The molecule has 0 spiro atoms. The first-order valence-electron chi connectivity index (χ1n) is 10.9. The average molecular weight is 438 g/mol. The van der Waals surface area contributed by atoms with Gasteiger partial charge < -0.3 is 5.32 Å². The highest BCUT2D eigenvalue weighted by atomic mass is 32.2. The third kappa shape index (κ3) is 4.01. The van der Waals surface area contributed by atoms with Gasteiger partial charge in [-0.25, -0.2) is 8.42 Å². The Hall–Kier alpha value is -0.960. The van der Waals surface area contributed by atoms with Crippen molar-refractivity contribution in [2.24, 2.45) is 23.2 Å². The van der Waals surface area contributed by atoms with Crippen LogP contribution in [0.2, 0.25) is 0 Å². The average Bonchev–Trinajstić information content (AvgIpc) is 3.22. The molecule has 4 aliphatic carbocycles. The van der Waals surface area contributed by atoms with Crippen LogP contribution in [0, 0.1) is 23.2 Å². The molecule has 1 amide bonds. The molecule has 1 aliphatic heterocycles. The molecule has 5 aliphatic rings. The van der Waals surface area contributed by atoms with E-state index in [9.17, 15) is 13.2 Å². The van der Waals surface area contributed by atoms with Crippen molar-refractivity contribution < 1.29 is 13.2 Å². The standard InChI is InChI=1S/C21H31N3O3S2/c25-19(22-15-21-11-16-8-17(12-21)10-18(9-16)13-21)14-23-3-5-24(6-4-23)29(26,27)20-2-1-7-28-20/h1-2,7,16-18H,3-6,8-15H2,(H,22,25). The Balaban J connectivity index is 1.10. The van der Waals surface area contributed by atoms with Gasteiger partial charge in [-0.05, 0) is 73.1 Å². The molecule has 5 fully saturated rings. The second-order valence-corrected chi connectivity index (χ2v) is 12.9. The van der Waals surface area contributed by atoms with Crippen LogP contribution >= 0.6 is 11.3 Å². The van der Waals surface area contributed by atoms with Crippen molar-refractivity contribution in [1.82, 2.24) is 14.5 Å². The Morgan fingerprint density at radius 2 is 1.69 bits per heavy atom. The number of nitrogens with one attached hydrogen (secondary N) is 1. The van der Waals surface area contributed by atoms with Gasteiger partial charge in [0, 0.05) is 32.7 Å².